The summed E-state index contributed by atoms with van der Waals surface area (Å²) in [6.07, 6.45) is 2.85. The minimum absolute atomic E-state index is 0.902. The van der Waals surface area contributed by atoms with Gasteiger partial charge in [-0.1, -0.05) is 12.1 Å². The maximum absolute atomic E-state index is 4.41. The molecule has 2 rings (SSSR count). The lowest BCUT2D eigenvalue weighted by Crippen LogP contribution is -2.09. The number of aryl methyl sites for hydroxylation is 2. The average Bonchev–Trinajstić information content (AvgIpc) is 2.41. The summed E-state index contributed by atoms with van der Waals surface area (Å²) in [5.41, 5.74) is 6.75. The standard InChI is InChI=1S/C17H21BrN2/c1-11-5-6-15(14(4)13(11)3)7-8-19-17-12(2)9-16(18)10-20-17/h5-6,9-10H,7-8H2,1-4H3,(H,19,20). The molecule has 1 heterocycles. The monoisotopic (exact) mass is 332 g/mol. The van der Waals surface area contributed by atoms with Gasteiger partial charge in [-0.3, -0.25) is 0 Å². The highest BCUT2D eigenvalue weighted by molar-refractivity contribution is 9.10. The predicted octanol–water partition coefficient (Wildman–Crippen LogP) is 4.73. The third kappa shape index (κ3) is 3.40. The van der Waals surface area contributed by atoms with Crippen molar-refractivity contribution in [2.45, 2.75) is 34.1 Å². The second-order valence-electron chi connectivity index (χ2n) is 5.29. The normalized spacial score (nSPS) is 10.7. The number of aromatic nitrogens is 1. The summed E-state index contributed by atoms with van der Waals surface area (Å²) in [7, 11) is 0. The molecule has 0 amide bonds. The number of benzene rings is 1. The zero-order valence-electron chi connectivity index (χ0n) is 12.5. The quantitative estimate of drug-likeness (QED) is 0.875. The van der Waals surface area contributed by atoms with Crippen LogP contribution in [0.3, 0.4) is 0 Å². The number of halogens is 1. The highest BCUT2D eigenvalue weighted by Gasteiger charge is 2.04. The van der Waals surface area contributed by atoms with Crippen molar-refractivity contribution in [3.63, 3.8) is 0 Å². The molecule has 2 nitrogen and oxygen atoms in total. The van der Waals surface area contributed by atoms with Gasteiger partial charge in [-0.25, -0.2) is 4.98 Å². The Morgan fingerprint density at radius 3 is 2.50 bits per heavy atom. The highest BCUT2D eigenvalue weighted by atomic mass is 79.9. The van der Waals surface area contributed by atoms with Crippen molar-refractivity contribution in [3.05, 3.63) is 56.7 Å². The number of anilines is 1. The van der Waals surface area contributed by atoms with Crippen molar-refractivity contribution >= 4 is 21.7 Å². The van der Waals surface area contributed by atoms with Crippen molar-refractivity contribution in [1.29, 1.82) is 0 Å². The first-order valence-corrected chi connectivity index (χ1v) is 7.70. The Kier molecular flexibility index (Phi) is 4.81. The Labute approximate surface area is 129 Å². The summed E-state index contributed by atoms with van der Waals surface area (Å²) < 4.78 is 1.02. The second-order valence-corrected chi connectivity index (χ2v) is 6.20. The average molecular weight is 333 g/mol. The van der Waals surface area contributed by atoms with Gasteiger partial charge in [0.1, 0.15) is 5.82 Å². The fraction of sp³-hybridized carbons (Fsp3) is 0.353. The molecule has 0 radical (unpaired) electrons. The number of pyridine rings is 1. The van der Waals surface area contributed by atoms with Gasteiger partial charge in [-0.05, 0) is 83.9 Å². The maximum atomic E-state index is 4.41. The molecule has 1 N–H and O–H groups in total. The Morgan fingerprint density at radius 2 is 1.80 bits per heavy atom. The van der Waals surface area contributed by atoms with E-state index in [0.717, 1.165) is 28.8 Å². The Balaban J connectivity index is 2.01. The molecule has 0 spiro atoms. The summed E-state index contributed by atoms with van der Waals surface area (Å²) in [6, 6.07) is 6.53. The lowest BCUT2D eigenvalue weighted by Gasteiger charge is -2.13. The first-order valence-electron chi connectivity index (χ1n) is 6.90. The second kappa shape index (κ2) is 6.40. The van der Waals surface area contributed by atoms with E-state index < -0.39 is 0 Å². The number of hydrogen-bond acceptors (Lipinski definition) is 2. The summed E-state index contributed by atoms with van der Waals surface area (Å²) in [6.45, 7) is 9.54. The molecule has 0 saturated heterocycles. The maximum Gasteiger partial charge on any atom is 0.128 e. The van der Waals surface area contributed by atoms with Crippen LogP contribution in [0.25, 0.3) is 0 Å². The molecular weight excluding hydrogens is 312 g/mol. The van der Waals surface area contributed by atoms with Crippen LogP contribution in [0.15, 0.2) is 28.9 Å². The van der Waals surface area contributed by atoms with E-state index in [1.165, 1.54) is 22.3 Å². The molecule has 106 valence electrons. The molecule has 1 aromatic carbocycles. The molecule has 1 aromatic heterocycles. The third-order valence-corrected chi connectivity index (χ3v) is 4.34. The first kappa shape index (κ1) is 15.0. The molecule has 2 aromatic rings. The van der Waals surface area contributed by atoms with Gasteiger partial charge in [0.15, 0.2) is 0 Å². The van der Waals surface area contributed by atoms with Crippen LogP contribution >= 0.6 is 15.9 Å². The Bertz CT molecular complexity index is 621. The summed E-state index contributed by atoms with van der Waals surface area (Å²) in [5, 5.41) is 3.42. The molecule has 0 saturated carbocycles. The van der Waals surface area contributed by atoms with E-state index in [1.54, 1.807) is 0 Å². The van der Waals surface area contributed by atoms with Crippen LogP contribution in [0, 0.1) is 27.7 Å². The largest absolute Gasteiger partial charge is 0.370 e. The van der Waals surface area contributed by atoms with E-state index in [2.05, 4.69) is 72.1 Å². The number of nitrogens with zero attached hydrogens (tertiary/aromatic N) is 1. The van der Waals surface area contributed by atoms with Gasteiger partial charge in [0.25, 0.3) is 0 Å². The van der Waals surface area contributed by atoms with E-state index in [1.807, 2.05) is 6.20 Å². The fourth-order valence-electron chi connectivity index (χ4n) is 2.32. The van der Waals surface area contributed by atoms with Crippen molar-refractivity contribution in [1.82, 2.24) is 4.98 Å². The fourth-order valence-corrected chi connectivity index (χ4v) is 2.77. The SMILES string of the molecule is Cc1cc(Br)cnc1NCCc1ccc(C)c(C)c1C. The molecule has 0 bridgehead atoms. The van der Waals surface area contributed by atoms with Crippen LogP contribution in [0.4, 0.5) is 5.82 Å². The smallest absolute Gasteiger partial charge is 0.128 e. The summed E-state index contributed by atoms with van der Waals surface area (Å²) in [5.74, 6) is 0.967. The van der Waals surface area contributed by atoms with E-state index in [0.29, 0.717) is 0 Å². The van der Waals surface area contributed by atoms with Gasteiger partial charge in [-0.15, -0.1) is 0 Å². The first-order chi connectivity index (χ1) is 9.49. The van der Waals surface area contributed by atoms with Crippen LogP contribution in [0.1, 0.15) is 27.8 Å². The number of hydrogen-bond donors (Lipinski definition) is 1. The topological polar surface area (TPSA) is 24.9 Å². The van der Waals surface area contributed by atoms with Gasteiger partial charge in [0.05, 0.1) is 0 Å². The van der Waals surface area contributed by atoms with Crippen molar-refractivity contribution < 1.29 is 0 Å². The number of nitrogens with one attached hydrogen (secondary N) is 1. The number of rotatable bonds is 4. The lowest BCUT2D eigenvalue weighted by atomic mass is 9.97. The molecule has 3 heteroatoms. The van der Waals surface area contributed by atoms with Crippen LogP contribution in [-0.2, 0) is 6.42 Å². The van der Waals surface area contributed by atoms with Crippen LogP contribution in [0.2, 0.25) is 0 Å². The van der Waals surface area contributed by atoms with Crippen molar-refractivity contribution in [2.75, 3.05) is 11.9 Å². The summed E-state index contributed by atoms with van der Waals surface area (Å²) >= 11 is 3.44. The predicted molar refractivity (Wildman–Crippen MR) is 89.5 cm³/mol. The van der Waals surface area contributed by atoms with Crippen LogP contribution < -0.4 is 5.32 Å². The molecular formula is C17H21BrN2. The summed E-state index contributed by atoms with van der Waals surface area (Å²) in [4.78, 5) is 4.41. The van der Waals surface area contributed by atoms with Gasteiger partial charge in [0.2, 0.25) is 0 Å². The van der Waals surface area contributed by atoms with Crippen molar-refractivity contribution in [3.8, 4) is 0 Å². The Hall–Kier alpha value is -1.35. The molecule has 0 aliphatic rings. The molecule has 0 fully saturated rings. The third-order valence-electron chi connectivity index (χ3n) is 3.90. The zero-order valence-corrected chi connectivity index (χ0v) is 14.1. The molecule has 0 atom stereocenters. The van der Waals surface area contributed by atoms with Crippen molar-refractivity contribution in [2.24, 2.45) is 0 Å². The van der Waals surface area contributed by atoms with Crippen LogP contribution in [-0.4, -0.2) is 11.5 Å². The highest BCUT2D eigenvalue weighted by Crippen LogP contribution is 2.19. The molecule has 0 unspecified atom stereocenters. The lowest BCUT2D eigenvalue weighted by molar-refractivity contribution is 0.981. The molecule has 20 heavy (non-hydrogen) atoms. The minimum atomic E-state index is 0.902. The van der Waals surface area contributed by atoms with Gasteiger partial charge >= 0.3 is 0 Å². The van der Waals surface area contributed by atoms with Gasteiger partial charge in [-0.2, -0.15) is 0 Å². The van der Waals surface area contributed by atoms with E-state index >= 15 is 0 Å². The molecule has 0 aliphatic heterocycles. The molecule has 0 aliphatic carbocycles. The van der Waals surface area contributed by atoms with Crippen LogP contribution in [0.5, 0.6) is 0 Å². The van der Waals surface area contributed by atoms with Gasteiger partial charge in [0, 0.05) is 17.2 Å². The zero-order chi connectivity index (χ0) is 14.7. The van der Waals surface area contributed by atoms with E-state index in [4.69, 9.17) is 0 Å². The minimum Gasteiger partial charge on any atom is -0.370 e. The van der Waals surface area contributed by atoms with Gasteiger partial charge < -0.3 is 5.32 Å². The Morgan fingerprint density at radius 1 is 1.05 bits per heavy atom. The van der Waals surface area contributed by atoms with E-state index in [-0.39, 0.29) is 0 Å². The van der Waals surface area contributed by atoms with E-state index in [9.17, 15) is 0 Å².